The van der Waals surface area contributed by atoms with Crippen molar-refractivity contribution in [2.75, 3.05) is 53.6 Å². The summed E-state index contributed by atoms with van der Waals surface area (Å²) < 4.78 is 16.4. The monoisotopic (exact) mass is 560 g/mol. The second-order valence-electron chi connectivity index (χ2n) is 9.98. The molecule has 0 radical (unpaired) electrons. The Kier molecular flexibility index (Phi) is 12.2. The zero-order chi connectivity index (χ0) is 28.2. The maximum Gasteiger partial charge on any atom is 0.315 e. The Morgan fingerprint density at radius 3 is 2.46 bits per heavy atom. The average molecular weight is 561 g/mol. The Hall–Kier alpha value is -3.01. The lowest BCUT2D eigenvalue weighted by atomic mass is 9.94. The third-order valence-corrected chi connectivity index (χ3v) is 7.10. The highest BCUT2D eigenvalue weighted by molar-refractivity contribution is 6.30. The summed E-state index contributed by atoms with van der Waals surface area (Å²) >= 11 is 5.92. The molecular formula is C29H41ClN4O5. The van der Waals surface area contributed by atoms with E-state index in [2.05, 4.69) is 16.0 Å². The molecule has 2 aromatic carbocycles. The molecule has 10 heteroatoms. The number of halogens is 1. The zero-order valence-corrected chi connectivity index (χ0v) is 24.1. The van der Waals surface area contributed by atoms with Gasteiger partial charge >= 0.3 is 6.03 Å². The van der Waals surface area contributed by atoms with Crippen molar-refractivity contribution in [3.05, 3.63) is 58.6 Å². The van der Waals surface area contributed by atoms with E-state index in [4.69, 9.17) is 25.8 Å². The summed E-state index contributed by atoms with van der Waals surface area (Å²) in [5.41, 5.74) is 1.52. The van der Waals surface area contributed by atoms with Crippen molar-refractivity contribution in [1.82, 2.24) is 20.9 Å². The molecule has 3 N–H and O–H groups in total. The maximum absolute atomic E-state index is 13.6. The topological polar surface area (TPSA) is 101 Å². The molecule has 3 amide bonds. The molecule has 2 aromatic rings. The first kappa shape index (κ1) is 30.5. The third kappa shape index (κ3) is 9.30. The molecule has 1 fully saturated rings. The van der Waals surface area contributed by atoms with Gasteiger partial charge in [0.25, 0.3) is 5.91 Å². The molecule has 1 heterocycles. The number of carbonyl (C=O) groups is 2. The van der Waals surface area contributed by atoms with Crippen LogP contribution in [0.4, 0.5) is 4.79 Å². The molecule has 1 saturated heterocycles. The summed E-state index contributed by atoms with van der Waals surface area (Å²) in [6.45, 7) is 8.18. The van der Waals surface area contributed by atoms with Crippen molar-refractivity contribution in [2.45, 2.75) is 32.9 Å². The van der Waals surface area contributed by atoms with Crippen LogP contribution in [-0.4, -0.2) is 76.5 Å². The Labute approximate surface area is 236 Å². The molecule has 2 atom stereocenters. The summed E-state index contributed by atoms with van der Waals surface area (Å²) in [6.07, 6.45) is 0.735. The molecule has 39 heavy (non-hydrogen) atoms. The summed E-state index contributed by atoms with van der Waals surface area (Å²) in [7, 11) is 3.23. The van der Waals surface area contributed by atoms with Crippen LogP contribution in [0.2, 0.25) is 5.02 Å². The number of ether oxygens (including phenoxy) is 3. The van der Waals surface area contributed by atoms with Crippen molar-refractivity contribution in [2.24, 2.45) is 11.8 Å². The highest BCUT2D eigenvalue weighted by atomic mass is 35.5. The molecule has 3 rings (SSSR count). The van der Waals surface area contributed by atoms with Crippen LogP contribution in [0.25, 0.3) is 0 Å². The number of nitrogens with zero attached hydrogens (tertiary/aromatic N) is 1. The van der Waals surface area contributed by atoms with E-state index in [1.807, 2.05) is 30.9 Å². The lowest BCUT2D eigenvalue weighted by Crippen LogP contribution is -2.44. The number of rotatable bonds is 14. The quantitative estimate of drug-likeness (QED) is 0.303. The van der Waals surface area contributed by atoms with Crippen molar-refractivity contribution in [3.63, 3.8) is 0 Å². The van der Waals surface area contributed by atoms with E-state index in [0.29, 0.717) is 54.9 Å². The van der Waals surface area contributed by atoms with E-state index in [-0.39, 0.29) is 29.8 Å². The minimum Gasteiger partial charge on any atom is -0.493 e. The lowest BCUT2D eigenvalue weighted by molar-refractivity contribution is 0.0661. The molecule has 9 nitrogen and oxygen atoms in total. The molecule has 1 aliphatic rings. The van der Waals surface area contributed by atoms with Gasteiger partial charge in [-0.3, -0.25) is 4.79 Å². The van der Waals surface area contributed by atoms with Gasteiger partial charge < -0.3 is 35.1 Å². The fraction of sp³-hybridized carbons (Fsp3) is 0.517. The largest absolute Gasteiger partial charge is 0.493 e. The molecule has 1 aliphatic heterocycles. The normalized spacial score (nSPS) is 16.7. The average Bonchev–Trinajstić information content (AvgIpc) is 3.39. The molecule has 0 unspecified atom stereocenters. The second-order valence-corrected chi connectivity index (χ2v) is 10.4. The summed E-state index contributed by atoms with van der Waals surface area (Å²) in [5.74, 6) is 1.47. The van der Waals surface area contributed by atoms with Crippen LogP contribution in [0.5, 0.6) is 11.5 Å². The fourth-order valence-corrected chi connectivity index (χ4v) is 4.69. The van der Waals surface area contributed by atoms with Crippen LogP contribution in [0, 0.1) is 11.8 Å². The van der Waals surface area contributed by atoms with Crippen LogP contribution >= 0.6 is 11.6 Å². The van der Waals surface area contributed by atoms with Crippen molar-refractivity contribution >= 4 is 23.5 Å². The SMILES string of the molecule is COCCCOc1cc(C(=O)N(C[C@@H]2CNC[C@H]2CNC(=O)NCc2ccc(Cl)cc2)C(C)C)ccc1OC. The number of benzene rings is 2. The zero-order valence-electron chi connectivity index (χ0n) is 23.3. The number of carbonyl (C=O) groups excluding carboxylic acids is 2. The van der Waals surface area contributed by atoms with Crippen LogP contribution in [0.3, 0.4) is 0 Å². The number of methoxy groups -OCH3 is 2. The maximum atomic E-state index is 13.6. The van der Waals surface area contributed by atoms with Crippen molar-refractivity contribution < 1.29 is 23.8 Å². The Morgan fingerprint density at radius 1 is 1.03 bits per heavy atom. The molecular weight excluding hydrogens is 520 g/mol. The van der Waals surface area contributed by atoms with E-state index >= 15 is 0 Å². The highest BCUT2D eigenvalue weighted by Crippen LogP contribution is 2.29. The molecule has 0 aliphatic carbocycles. The van der Waals surface area contributed by atoms with Gasteiger partial charge in [0, 0.05) is 69.5 Å². The van der Waals surface area contributed by atoms with Crippen molar-refractivity contribution in [1.29, 1.82) is 0 Å². The van der Waals surface area contributed by atoms with Crippen LogP contribution in [0.15, 0.2) is 42.5 Å². The van der Waals surface area contributed by atoms with Gasteiger partial charge in [-0.05, 0) is 61.6 Å². The van der Waals surface area contributed by atoms with Gasteiger partial charge in [-0.2, -0.15) is 0 Å². The van der Waals surface area contributed by atoms with Gasteiger partial charge in [-0.15, -0.1) is 0 Å². The van der Waals surface area contributed by atoms with E-state index in [9.17, 15) is 9.59 Å². The van der Waals surface area contributed by atoms with E-state index in [1.54, 1.807) is 44.6 Å². The predicted molar refractivity (Wildman–Crippen MR) is 153 cm³/mol. The molecule has 0 spiro atoms. The third-order valence-electron chi connectivity index (χ3n) is 6.85. The van der Waals surface area contributed by atoms with Crippen LogP contribution in [-0.2, 0) is 11.3 Å². The van der Waals surface area contributed by atoms with Gasteiger partial charge in [-0.1, -0.05) is 23.7 Å². The van der Waals surface area contributed by atoms with E-state index in [1.165, 1.54) is 0 Å². The number of amides is 3. The van der Waals surface area contributed by atoms with Gasteiger partial charge in [0.2, 0.25) is 0 Å². The summed E-state index contributed by atoms with van der Waals surface area (Å²) in [5, 5.41) is 9.96. The standard InChI is InChI=1S/C29H41ClN4O5/c1-20(2)34(28(35)22-8-11-26(38-4)27(14-22)39-13-5-12-37-3)19-24-17-31-16-23(24)18-33-29(36)32-15-21-6-9-25(30)10-7-21/h6-11,14,20,23-24,31H,5,12-13,15-19H2,1-4H3,(H2,32,33,36)/t23-,24-/m0/s1. The summed E-state index contributed by atoms with van der Waals surface area (Å²) in [6, 6.07) is 12.4. The second kappa shape index (κ2) is 15.5. The van der Waals surface area contributed by atoms with Gasteiger partial charge in [0.1, 0.15) is 0 Å². The van der Waals surface area contributed by atoms with Gasteiger partial charge in [0.05, 0.1) is 13.7 Å². The molecule has 214 valence electrons. The highest BCUT2D eigenvalue weighted by Gasteiger charge is 2.32. The van der Waals surface area contributed by atoms with E-state index in [0.717, 1.165) is 25.1 Å². The first-order valence-corrected chi connectivity index (χ1v) is 13.8. The predicted octanol–water partition coefficient (Wildman–Crippen LogP) is 3.95. The first-order chi connectivity index (χ1) is 18.8. The fourth-order valence-electron chi connectivity index (χ4n) is 4.57. The molecule has 0 saturated carbocycles. The molecule has 0 aromatic heterocycles. The number of nitrogens with one attached hydrogen (secondary N) is 3. The Bertz CT molecular complexity index is 1070. The minimum atomic E-state index is -0.219. The van der Waals surface area contributed by atoms with Crippen molar-refractivity contribution in [3.8, 4) is 11.5 Å². The first-order valence-electron chi connectivity index (χ1n) is 13.4. The van der Waals surface area contributed by atoms with E-state index < -0.39 is 0 Å². The number of urea groups is 1. The van der Waals surface area contributed by atoms with Gasteiger partial charge in [0.15, 0.2) is 11.5 Å². The number of hydrogen-bond acceptors (Lipinski definition) is 6. The van der Waals surface area contributed by atoms with Gasteiger partial charge in [-0.25, -0.2) is 4.79 Å². The lowest BCUT2D eigenvalue weighted by Gasteiger charge is -2.32. The Morgan fingerprint density at radius 2 is 1.77 bits per heavy atom. The van der Waals surface area contributed by atoms with Crippen LogP contribution in [0.1, 0.15) is 36.2 Å². The minimum absolute atomic E-state index is 0.00237. The Balaban J connectivity index is 1.58. The smallest absolute Gasteiger partial charge is 0.315 e. The summed E-state index contributed by atoms with van der Waals surface area (Å²) in [4.78, 5) is 27.9. The molecule has 0 bridgehead atoms. The van der Waals surface area contributed by atoms with Crippen LogP contribution < -0.4 is 25.4 Å². The number of hydrogen-bond donors (Lipinski definition) is 3.